The molecule has 1 N–H and O–H groups in total. The molecule has 0 bridgehead atoms. The van der Waals surface area contributed by atoms with E-state index in [0.29, 0.717) is 17.0 Å². The van der Waals surface area contributed by atoms with Crippen LogP contribution in [0.5, 0.6) is 0 Å². The van der Waals surface area contributed by atoms with E-state index in [9.17, 15) is 0 Å². The molecule has 0 amide bonds. The summed E-state index contributed by atoms with van der Waals surface area (Å²) in [4.78, 5) is 0. The number of hydrogen-bond acceptors (Lipinski definition) is 4. The quantitative estimate of drug-likeness (QED) is 0.633. The van der Waals surface area contributed by atoms with Crippen molar-refractivity contribution in [1.29, 1.82) is 0 Å². The minimum absolute atomic E-state index is 0.0515. The van der Waals surface area contributed by atoms with Gasteiger partial charge in [-0.15, -0.1) is 22.8 Å². The fourth-order valence-electron chi connectivity index (χ4n) is 1.13. The van der Waals surface area contributed by atoms with Gasteiger partial charge in [0, 0.05) is 6.04 Å². The van der Waals surface area contributed by atoms with Crippen molar-refractivity contribution < 1.29 is 5.11 Å². The molecule has 0 spiro atoms. The lowest BCUT2D eigenvalue weighted by molar-refractivity contribution is 0.263. The summed E-state index contributed by atoms with van der Waals surface area (Å²) in [6.07, 6.45) is 2.30. The van der Waals surface area contributed by atoms with Crippen LogP contribution in [0.2, 0.25) is 0 Å². The van der Waals surface area contributed by atoms with Crippen molar-refractivity contribution in [3.05, 3.63) is 5.82 Å². The first-order valence-corrected chi connectivity index (χ1v) is 4.01. The highest BCUT2D eigenvalue weighted by Crippen LogP contribution is 2.37. The fourth-order valence-corrected chi connectivity index (χ4v) is 1.45. The Hall–Kier alpha value is -0.550. The minimum atomic E-state index is -0.0515. The van der Waals surface area contributed by atoms with E-state index >= 15 is 0 Å². The van der Waals surface area contributed by atoms with Gasteiger partial charge in [0.05, 0.1) is 0 Å². The Bertz CT molecular complexity index is 269. The lowest BCUT2D eigenvalue weighted by atomic mass is 10.6. The average Bonchev–Trinajstić information content (AvgIpc) is 2.76. The standard InChI is InChI=1S/C6H9N3OS/c10-3-5-7-8-6(11)9(5)4-1-2-4/h4,10H,1-3H2,(H,8,11). The third-order valence-corrected chi connectivity index (χ3v) is 2.11. The molecule has 1 aromatic rings. The second-order valence-corrected chi connectivity index (χ2v) is 3.08. The molecular weight excluding hydrogens is 162 g/mol. The van der Waals surface area contributed by atoms with Gasteiger partial charge in [0.25, 0.3) is 0 Å². The number of thiol groups is 1. The summed E-state index contributed by atoms with van der Waals surface area (Å²) in [5.74, 6) is 0.623. The first kappa shape index (κ1) is 7.12. The molecule has 60 valence electrons. The highest BCUT2D eigenvalue weighted by atomic mass is 32.1. The third kappa shape index (κ3) is 1.14. The molecule has 1 aliphatic rings. The topological polar surface area (TPSA) is 50.9 Å². The smallest absolute Gasteiger partial charge is 0.188 e. The van der Waals surface area contributed by atoms with E-state index < -0.39 is 0 Å². The maximum Gasteiger partial charge on any atom is 0.188 e. The van der Waals surface area contributed by atoms with Gasteiger partial charge >= 0.3 is 0 Å². The zero-order chi connectivity index (χ0) is 7.84. The van der Waals surface area contributed by atoms with E-state index in [2.05, 4.69) is 22.8 Å². The van der Waals surface area contributed by atoms with Crippen LogP contribution in [0.15, 0.2) is 5.16 Å². The Morgan fingerprint density at radius 3 is 2.82 bits per heavy atom. The van der Waals surface area contributed by atoms with Crippen molar-refractivity contribution >= 4 is 12.6 Å². The predicted octanol–water partition coefficient (Wildman–Crippen LogP) is 0.394. The van der Waals surface area contributed by atoms with E-state index in [1.54, 1.807) is 0 Å². The zero-order valence-electron chi connectivity index (χ0n) is 5.93. The van der Waals surface area contributed by atoms with Gasteiger partial charge in [-0.2, -0.15) is 0 Å². The van der Waals surface area contributed by atoms with Crippen LogP contribution in [0.3, 0.4) is 0 Å². The van der Waals surface area contributed by atoms with Crippen LogP contribution in [-0.4, -0.2) is 19.9 Å². The highest BCUT2D eigenvalue weighted by Gasteiger charge is 2.27. The summed E-state index contributed by atoms with van der Waals surface area (Å²) >= 11 is 4.13. The van der Waals surface area contributed by atoms with Gasteiger partial charge in [-0.25, -0.2) is 0 Å². The molecular formula is C6H9N3OS. The zero-order valence-corrected chi connectivity index (χ0v) is 6.83. The molecule has 0 unspecified atom stereocenters. The van der Waals surface area contributed by atoms with Gasteiger partial charge in [-0.1, -0.05) is 0 Å². The van der Waals surface area contributed by atoms with Crippen molar-refractivity contribution in [1.82, 2.24) is 14.8 Å². The van der Waals surface area contributed by atoms with Crippen LogP contribution in [0.1, 0.15) is 24.7 Å². The van der Waals surface area contributed by atoms with Gasteiger partial charge in [0.15, 0.2) is 11.0 Å². The van der Waals surface area contributed by atoms with Crippen molar-refractivity contribution in [3.63, 3.8) is 0 Å². The summed E-state index contributed by atoms with van der Waals surface area (Å²) in [6, 6.07) is 0.486. The van der Waals surface area contributed by atoms with Gasteiger partial charge in [-0.05, 0) is 12.8 Å². The van der Waals surface area contributed by atoms with E-state index in [0.717, 1.165) is 12.8 Å². The number of nitrogens with zero attached hydrogens (tertiary/aromatic N) is 3. The average molecular weight is 171 g/mol. The molecule has 1 saturated carbocycles. The molecule has 0 aliphatic heterocycles. The highest BCUT2D eigenvalue weighted by molar-refractivity contribution is 7.80. The van der Waals surface area contributed by atoms with Gasteiger partial charge in [0.1, 0.15) is 6.61 Å². The Labute approximate surface area is 69.7 Å². The number of aliphatic hydroxyl groups excluding tert-OH is 1. The lowest BCUT2D eigenvalue weighted by Crippen LogP contribution is -2.01. The van der Waals surface area contributed by atoms with Crippen molar-refractivity contribution in [2.24, 2.45) is 0 Å². The number of rotatable bonds is 2. The van der Waals surface area contributed by atoms with Crippen LogP contribution < -0.4 is 0 Å². The van der Waals surface area contributed by atoms with Crippen LogP contribution in [0, 0.1) is 0 Å². The van der Waals surface area contributed by atoms with E-state index in [1.165, 1.54) is 0 Å². The van der Waals surface area contributed by atoms with Crippen LogP contribution >= 0.6 is 12.6 Å². The molecule has 1 fully saturated rings. The van der Waals surface area contributed by atoms with Crippen molar-refractivity contribution in [2.45, 2.75) is 30.6 Å². The molecule has 0 aromatic carbocycles. The summed E-state index contributed by atoms with van der Waals surface area (Å²) < 4.78 is 1.89. The van der Waals surface area contributed by atoms with Gasteiger partial charge < -0.3 is 9.67 Å². The molecule has 1 heterocycles. The molecule has 0 saturated heterocycles. The Kier molecular flexibility index (Phi) is 1.61. The Morgan fingerprint density at radius 2 is 2.27 bits per heavy atom. The maximum absolute atomic E-state index is 8.85. The summed E-state index contributed by atoms with van der Waals surface area (Å²) in [6.45, 7) is -0.0515. The predicted molar refractivity (Wildman–Crippen MR) is 41.5 cm³/mol. The van der Waals surface area contributed by atoms with E-state index in [-0.39, 0.29) is 6.61 Å². The van der Waals surface area contributed by atoms with Crippen molar-refractivity contribution in [3.8, 4) is 0 Å². The monoisotopic (exact) mass is 171 g/mol. The largest absolute Gasteiger partial charge is 0.388 e. The SMILES string of the molecule is OCc1nnc(S)n1C1CC1. The molecule has 2 rings (SSSR count). The third-order valence-electron chi connectivity index (χ3n) is 1.80. The molecule has 1 aromatic heterocycles. The van der Waals surface area contributed by atoms with Gasteiger partial charge in [-0.3, -0.25) is 0 Å². The fraction of sp³-hybridized carbons (Fsp3) is 0.667. The Balaban J connectivity index is 2.38. The lowest BCUT2D eigenvalue weighted by Gasteiger charge is -2.02. The molecule has 1 aliphatic carbocycles. The van der Waals surface area contributed by atoms with Crippen molar-refractivity contribution in [2.75, 3.05) is 0 Å². The molecule has 0 atom stereocenters. The number of hydrogen-bond donors (Lipinski definition) is 2. The second kappa shape index (κ2) is 2.49. The van der Waals surface area contributed by atoms with Crippen LogP contribution in [-0.2, 0) is 6.61 Å². The normalized spacial score (nSPS) is 17.3. The molecule has 5 heteroatoms. The maximum atomic E-state index is 8.85. The molecule has 4 nitrogen and oxygen atoms in total. The molecule has 0 radical (unpaired) electrons. The second-order valence-electron chi connectivity index (χ2n) is 2.68. The van der Waals surface area contributed by atoms with Crippen LogP contribution in [0.25, 0.3) is 0 Å². The summed E-state index contributed by atoms with van der Waals surface area (Å²) in [5.41, 5.74) is 0. The molecule has 11 heavy (non-hydrogen) atoms. The van der Waals surface area contributed by atoms with Crippen LogP contribution in [0.4, 0.5) is 0 Å². The van der Waals surface area contributed by atoms with E-state index in [1.807, 2.05) is 4.57 Å². The van der Waals surface area contributed by atoms with E-state index in [4.69, 9.17) is 5.11 Å². The summed E-state index contributed by atoms with van der Waals surface area (Å²) in [5, 5.41) is 17.0. The summed E-state index contributed by atoms with van der Waals surface area (Å²) in [7, 11) is 0. The number of aliphatic hydroxyl groups is 1. The minimum Gasteiger partial charge on any atom is -0.388 e. The first-order chi connectivity index (χ1) is 5.33. The Morgan fingerprint density at radius 1 is 1.55 bits per heavy atom. The van der Waals surface area contributed by atoms with Gasteiger partial charge in [0.2, 0.25) is 0 Å². The number of aromatic nitrogens is 3. The first-order valence-electron chi connectivity index (χ1n) is 3.56.